The second-order valence-electron chi connectivity index (χ2n) is 7.12. The van der Waals surface area contributed by atoms with E-state index in [1.54, 1.807) is 13.2 Å². The van der Waals surface area contributed by atoms with E-state index in [4.69, 9.17) is 10.7 Å². The fraction of sp³-hybridized carbons (Fsp3) is 0.423. The van der Waals surface area contributed by atoms with Gasteiger partial charge in [0.2, 0.25) is 0 Å². The van der Waals surface area contributed by atoms with Crippen molar-refractivity contribution in [3.63, 3.8) is 0 Å². The minimum Gasteiger partial charge on any atom is -0.383 e. The molecule has 3 heterocycles. The Morgan fingerprint density at radius 1 is 1.06 bits per heavy atom. The van der Waals surface area contributed by atoms with Crippen LogP contribution in [0.5, 0.6) is 0 Å². The van der Waals surface area contributed by atoms with Crippen molar-refractivity contribution >= 4 is 23.2 Å². The van der Waals surface area contributed by atoms with E-state index in [-0.39, 0.29) is 0 Å². The molecule has 2 aromatic rings. The Kier molecular flexibility index (Phi) is 10.7. The summed E-state index contributed by atoms with van der Waals surface area (Å²) in [7, 11) is 1.79. The number of benzene rings is 1. The number of amidine groups is 2. The molecule has 0 spiro atoms. The van der Waals surface area contributed by atoms with Crippen molar-refractivity contribution < 1.29 is 0 Å². The van der Waals surface area contributed by atoms with Gasteiger partial charge in [-0.1, -0.05) is 45.9 Å². The first-order valence-corrected chi connectivity index (χ1v) is 12.0. The summed E-state index contributed by atoms with van der Waals surface area (Å²) in [5.74, 6) is 2.01. The summed E-state index contributed by atoms with van der Waals surface area (Å²) in [6.07, 6.45) is 3.66. The van der Waals surface area contributed by atoms with Crippen LogP contribution in [0.3, 0.4) is 0 Å². The lowest BCUT2D eigenvalue weighted by Crippen LogP contribution is -2.42. The van der Waals surface area contributed by atoms with Crippen LogP contribution in [0.1, 0.15) is 45.7 Å². The summed E-state index contributed by atoms with van der Waals surface area (Å²) in [6, 6.07) is 12.4. The van der Waals surface area contributed by atoms with Crippen LogP contribution < -0.4 is 16.0 Å². The molecule has 1 aromatic carbocycles. The Bertz CT molecular complexity index is 955. The number of rotatable bonds is 4. The van der Waals surface area contributed by atoms with E-state index >= 15 is 0 Å². The third-order valence-corrected chi connectivity index (χ3v) is 5.25. The summed E-state index contributed by atoms with van der Waals surface area (Å²) < 4.78 is 0. The van der Waals surface area contributed by atoms with Gasteiger partial charge in [-0.3, -0.25) is 14.8 Å². The number of pyridine rings is 1. The maximum Gasteiger partial charge on any atom is 0.159 e. The largest absolute Gasteiger partial charge is 0.383 e. The quantitative estimate of drug-likeness (QED) is 0.726. The lowest BCUT2D eigenvalue weighted by molar-refractivity contribution is 0.233. The lowest BCUT2D eigenvalue weighted by atomic mass is 10.1. The second kappa shape index (κ2) is 13.5. The molecular formula is C26H39N7. The first-order valence-electron chi connectivity index (χ1n) is 12.0. The molecule has 0 saturated carbocycles. The van der Waals surface area contributed by atoms with E-state index in [9.17, 15) is 0 Å². The van der Waals surface area contributed by atoms with Gasteiger partial charge in [0, 0.05) is 51.7 Å². The van der Waals surface area contributed by atoms with E-state index in [1.165, 1.54) is 5.56 Å². The van der Waals surface area contributed by atoms with Gasteiger partial charge < -0.3 is 11.1 Å². The Hall–Kier alpha value is -3.03. The number of nitrogen functional groups attached to an aromatic ring is 1. The molecule has 0 radical (unpaired) electrons. The van der Waals surface area contributed by atoms with Gasteiger partial charge in [0.25, 0.3) is 0 Å². The van der Waals surface area contributed by atoms with Crippen LogP contribution in [0.4, 0.5) is 11.5 Å². The van der Waals surface area contributed by atoms with Crippen LogP contribution in [0.2, 0.25) is 0 Å². The Morgan fingerprint density at radius 2 is 1.73 bits per heavy atom. The normalized spacial score (nSPS) is 18.4. The molecule has 0 unspecified atom stereocenters. The molecule has 1 saturated heterocycles. The fourth-order valence-electron chi connectivity index (χ4n) is 3.75. The number of aliphatic imine (C=N–C) groups is 2. The van der Waals surface area contributed by atoms with Gasteiger partial charge in [0.1, 0.15) is 11.5 Å². The van der Waals surface area contributed by atoms with Crippen molar-refractivity contribution in [1.82, 2.24) is 15.2 Å². The average Bonchev–Trinajstić information content (AvgIpc) is 3.26. The highest BCUT2D eigenvalue weighted by Gasteiger charge is 2.31. The van der Waals surface area contributed by atoms with Crippen LogP contribution >= 0.6 is 0 Å². The summed E-state index contributed by atoms with van der Waals surface area (Å²) in [5, 5.41) is 3.40. The molecule has 2 aliphatic rings. The minimum atomic E-state index is 0.458. The third-order valence-electron chi connectivity index (χ3n) is 5.25. The maximum absolute atomic E-state index is 6.15. The highest BCUT2D eigenvalue weighted by atomic mass is 15.3. The zero-order valence-electron chi connectivity index (χ0n) is 21.0. The minimum absolute atomic E-state index is 0.458. The third kappa shape index (κ3) is 6.27. The van der Waals surface area contributed by atoms with Crippen molar-refractivity contribution in [3.05, 3.63) is 65.5 Å². The van der Waals surface area contributed by atoms with Crippen molar-refractivity contribution in [2.45, 2.75) is 41.2 Å². The molecule has 3 N–H and O–H groups in total. The molecule has 0 amide bonds. The molecule has 7 heteroatoms. The van der Waals surface area contributed by atoms with Crippen LogP contribution in [-0.4, -0.2) is 54.8 Å². The SMILES string of the molecule is C/C=C1/N=C(c2cccnc2N)N(c2ccc(CN3CCNCC3)cc2)C1=NC.CC.CC. The van der Waals surface area contributed by atoms with E-state index in [1.807, 2.05) is 52.8 Å². The van der Waals surface area contributed by atoms with Gasteiger partial charge in [-0.05, 0) is 36.8 Å². The predicted octanol–water partition coefficient (Wildman–Crippen LogP) is 4.32. The van der Waals surface area contributed by atoms with Gasteiger partial charge in [-0.2, -0.15) is 0 Å². The number of nitrogens with zero attached hydrogens (tertiary/aromatic N) is 5. The molecule has 7 nitrogen and oxygen atoms in total. The molecule has 1 aromatic heterocycles. The number of nitrogens with one attached hydrogen (secondary N) is 1. The number of hydrogen-bond acceptors (Lipinski definition) is 6. The van der Waals surface area contributed by atoms with Crippen LogP contribution in [0, 0.1) is 0 Å². The number of piperazine rings is 1. The zero-order chi connectivity index (χ0) is 24.2. The Morgan fingerprint density at radius 3 is 2.30 bits per heavy atom. The summed E-state index contributed by atoms with van der Waals surface area (Å²) in [6.45, 7) is 15.2. The number of allylic oxidation sites excluding steroid dienone is 1. The standard InChI is InChI=1S/C22H27N7.2C2H6/c1-3-19-22(24-2)29(21(27-19)18-5-4-10-26-20(18)23)17-8-6-16(7-9-17)15-28-13-11-25-12-14-28;2*1-2/h3-10,25H,11-15H2,1-2H3,(H2,23,26);2*1-2H3/b19-3+,24-22?;;. The maximum atomic E-state index is 6.15. The zero-order valence-corrected chi connectivity index (χ0v) is 21.0. The van der Waals surface area contributed by atoms with Crippen molar-refractivity contribution in [3.8, 4) is 0 Å². The van der Waals surface area contributed by atoms with Gasteiger partial charge >= 0.3 is 0 Å². The first kappa shape index (κ1) is 26.2. The molecule has 0 bridgehead atoms. The van der Waals surface area contributed by atoms with Crippen LogP contribution in [-0.2, 0) is 6.54 Å². The first-order chi connectivity index (χ1) is 16.2. The Balaban J connectivity index is 0.000000914. The van der Waals surface area contributed by atoms with Gasteiger partial charge in [0.05, 0.1) is 5.56 Å². The number of nitrogens with two attached hydrogens (primary N) is 1. The number of hydrogen-bond donors (Lipinski definition) is 2. The number of anilines is 2. The van der Waals surface area contributed by atoms with Crippen molar-refractivity contribution in [2.24, 2.45) is 9.98 Å². The van der Waals surface area contributed by atoms with Crippen LogP contribution in [0.25, 0.3) is 0 Å². The van der Waals surface area contributed by atoms with Gasteiger partial charge in [0.15, 0.2) is 11.7 Å². The van der Waals surface area contributed by atoms with Gasteiger partial charge in [-0.25, -0.2) is 9.98 Å². The van der Waals surface area contributed by atoms with E-state index in [2.05, 4.69) is 49.4 Å². The molecule has 2 aliphatic heterocycles. The molecule has 0 atom stereocenters. The van der Waals surface area contributed by atoms with E-state index in [0.717, 1.165) is 61.3 Å². The molecule has 178 valence electrons. The molecule has 33 heavy (non-hydrogen) atoms. The summed E-state index contributed by atoms with van der Waals surface area (Å²) in [4.78, 5) is 18.1. The van der Waals surface area contributed by atoms with Crippen molar-refractivity contribution in [2.75, 3.05) is 43.9 Å². The molecule has 4 rings (SSSR count). The van der Waals surface area contributed by atoms with Crippen LogP contribution in [0.15, 0.2) is 64.4 Å². The highest BCUT2D eigenvalue weighted by Crippen LogP contribution is 2.29. The average molecular weight is 450 g/mol. The molecule has 1 fully saturated rings. The molecule has 0 aliphatic carbocycles. The smallest absolute Gasteiger partial charge is 0.159 e. The molecular weight excluding hydrogens is 410 g/mol. The highest BCUT2D eigenvalue weighted by molar-refractivity contribution is 6.34. The number of aromatic nitrogens is 1. The topological polar surface area (TPSA) is 82.1 Å². The Labute approximate surface area is 199 Å². The van der Waals surface area contributed by atoms with Crippen molar-refractivity contribution in [1.29, 1.82) is 0 Å². The van der Waals surface area contributed by atoms with E-state index in [0.29, 0.717) is 5.82 Å². The fourth-order valence-corrected chi connectivity index (χ4v) is 3.75. The summed E-state index contributed by atoms with van der Waals surface area (Å²) >= 11 is 0. The van der Waals surface area contributed by atoms with E-state index < -0.39 is 0 Å². The lowest BCUT2D eigenvalue weighted by Gasteiger charge is -2.27. The van der Waals surface area contributed by atoms with Gasteiger partial charge in [-0.15, -0.1) is 0 Å². The monoisotopic (exact) mass is 449 g/mol. The second-order valence-corrected chi connectivity index (χ2v) is 7.12. The summed E-state index contributed by atoms with van der Waals surface area (Å²) in [5.41, 5.74) is 10.1. The predicted molar refractivity (Wildman–Crippen MR) is 142 cm³/mol.